The quantitative estimate of drug-likeness (QED) is 0.942. The van der Waals surface area contributed by atoms with Crippen molar-refractivity contribution in [2.75, 3.05) is 13.7 Å². The predicted octanol–water partition coefficient (Wildman–Crippen LogP) is 2.60. The number of aromatic hydroxyl groups is 1. The van der Waals surface area contributed by atoms with Gasteiger partial charge in [0, 0.05) is 24.2 Å². The Balaban J connectivity index is 1.80. The van der Waals surface area contributed by atoms with E-state index in [-0.39, 0.29) is 11.7 Å². The molecule has 1 heterocycles. The van der Waals surface area contributed by atoms with Gasteiger partial charge in [0.15, 0.2) is 0 Å². The fourth-order valence-corrected chi connectivity index (χ4v) is 2.66. The Morgan fingerprint density at radius 3 is 2.67 bits per heavy atom. The number of phenols is 1. The summed E-state index contributed by atoms with van der Waals surface area (Å²) in [6.07, 6.45) is 0.684. The van der Waals surface area contributed by atoms with Crippen molar-refractivity contribution in [3.05, 3.63) is 59.2 Å². The molecule has 1 aliphatic heterocycles. The number of phenolic OH excluding ortho intramolecular Hbond substituents is 1. The van der Waals surface area contributed by atoms with Crippen LogP contribution in [0.25, 0.3) is 0 Å². The van der Waals surface area contributed by atoms with Crippen LogP contribution in [0.15, 0.2) is 42.5 Å². The van der Waals surface area contributed by atoms with Crippen molar-refractivity contribution in [3.63, 3.8) is 0 Å². The molecule has 1 amide bonds. The molecular formula is C17H17NO3. The molecule has 3 rings (SSSR count). The van der Waals surface area contributed by atoms with Crippen molar-refractivity contribution in [1.29, 1.82) is 0 Å². The van der Waals surface area contributed by atoms with Crippen LogP contribution in [0.3, 0.4) is 0 Å². The molecule has 108 valence electrons. The molecule has 1 aliphatic rings. The van der Waals surface area contributed by atoms with E-state index in [2.05, 4.69) is 0 Å². The van der Waals surface area contributed by atoms with E-state index < -0.39 is 0 Å². The Morgan fingerprint density at radius 2 is 1.95 bits per heavy atom. The molecule has 1 N–H and O–H groups in total. The van der Waals surface area contributed by atoms with Gasteiger partial charge >= 0.3 is 0 Å². The van der Waals surface area contributed by atoms with Crippen molar-refractivity contribution in [1.82, 2.24) is 4.90 Å². The summed E-state index contributed by atoms with van der Waals surface area (Å²) in [6.45, 7) is 1.19. The van der Waals surface area contributed by atoms with E-state index in [9.17, 15) is 9.90 Å². The molecule has 0 atom stereocenters. The molecule has 0 bridgehead atoms. The summed E-state index contributed by atoms with van der Waals surface area (Å²) in [6, 6.07) is 12.8. The van der Waals surface area contributed by atoms with E-state index in [0.717, 1.165) is 16.9 Å². The largest absolute Gasteiger partial charge is 0.508 e. The normalized spacial score (nSPS) is 14.0. The molecule has 4 heteroatoms. The zero-order chi connectivity index (χ0) is 14.8. The molecule has 2 aromatic rings. The maximum Gasteiger partial charge on any atom is 0.254 e. The van der Waals surface area contributed by atoms with Crippen molar-refractivity contribution < 1.29 is 14.6 Å². The van der Waals surface area contributed by atoms with Gasteiger partial charge in [-0.15, -0.1) is 0 Å². The first-order chi connectivity index (χ1) is 10.2. The lowest BCUT2D eigenvalue weighted by Gasteiger charge is -2.29. The first-order valence-corrected chi connectivity index (χ1v) is 6.92. The maximum absolute atomic E-state index is 12.5. The maximum atomic E-state index is 12.5. The molecule has 0 fully saturated rings. The third-order valence-corrected chi connectivity index (χ3v) is 3.83. The van der Waals surface area contributed by atoms with Gasteiger partial charge in [0.2, 0.25) is 0 Å². The summed E-state index contributed by atoms with van der Waals surface area (Å²) in [4.78, 5) is 14.3. The van der Waals surface area contributed by atoms with Crippen LogP contribution in [0.4, 0.5) is 0 Å². The molecule has 0 unspecified atom stereocenters. The van der Waals surface area contributed by atoms with E-state index in [1.54, 1.807) is 25.3 Å². The molecule has 0 saturated carbocycles. The summed E-state index contributed by atoms with van der Waals surface area (Å²) in [5.41, 5.74) is 2.43. The van der Waals surface area contributed by atoms with Crippen LogP contribution in [0.5, 0.6) is 11.5 Å². The van der Waals surface area contributed by atoms with Crippen molar-refractivity contribution in [2.45, 2.75) is 13.0 Å². The van der Waals surface area contributed by atoms with Crippen molar-refractivity contribution in [3.8, 4) is 11.5 Å². The van der Waals surface area contributed by atoms with Crippen LogP contribution < -0.4 is 4.74 Å². The Kier molecular flexibility index (Phi) is 3.52. The average molecular weight is 283 g/mol. The SMILES string of the molecule is COc1ccc(CN2CCc3c(O)cccc3C2=O)cc1. The highest BCUT2D eigenvalue weighted by Gasteiger charge is 2.25. The molecule has 0 spiro atoms. The van der Waals surface area contributed by atoms with Gasteiger partial charge in [-0.1, -0.05) is 18.2 Å². The second kappa shape index (κ2) is 5.48. The van der Waals surface area contributed by atoms with Gasteiger partial charge < -0.3 is 14.7 Å². The van der Waals surface area contributed by atoms with E-state index in [0.29, 0.717) is 25.1 Å². The molecule has 2 aromatic carbocycles. The summed E-state index contributed by atoms with van der Waals surface area (Å²) in [5, 5.41) is 9.82. The molecular weight excluding hydrogens is 266 g/mol. The van der Waals surface area contributed by atoms with Crippen LogP contribution in [-0.4, -0.2) is 29.6 Å². The summed E-state index contributed by atoms with van der Waals surface area (Å²) < 4.78 is 5.13. The number of ether oxygens (including phenoxy) is 1. The number of fused-ring (bicyclic) bond motifs is 1. The van der Waals surface area contributed by atoms with Crippen LogP contribution in [-0.2, 0) is 13.0 Å². The highest BCUT2D eigenvalue weighted by Crippen LogP contribution is 2.27. The summed E-state index contributed by atoms with van der Waals surface area (Å²) in [5.74, 6) is 0.993. The number of carbonyl (C=O) groups is 1. The van der Waals surface area contributed by atoms with E-state index in [1.807, 2.05) is 29.2 Å². The molecule has 0 radical (unpaired) electrons. The highest BCUT2D eigenvalue weighted by molar-refractivity contribution is 5.97. The number of amides is 1. The predicted molar refractivity (Wildman–Crippen MR) is 79.5 cm³/mol. The third kappa shape index (κ3) is 2.57. The van der Waals surface area contributed by atoms with Crippen LogP contribution in [0, 0.1) is 0 Å². The number of rotatable bonds is 3. The van der Waals surface area contributed by atoms with Crippen molar-refractivity contribution >= 4 is 5.91 Å². The summed E-state index contributed by atoms with van der Waals surface area (Å²) in [7, 11) is 1.63. The fourth-order valence-electron chi connectivity index (χ4n) is 2.66. The monoisotopic (exact) mass is 283 g/mol. The van der Waals surface area contributed by atoms with Gasteiger partial charge in [0.1, 0.15) is 11.5 Å². The number of benzene rings is 2. The fraction of sp³-hybridized carbons (Fsp3) is 0.235. The van der Waals surface area contributed by atoms with Crippen molar-refractivity contribution in [2.24, 2.45) is 0 Å². The van der Waals surface area contributed by atoms with Crippen LogP contribution in [0.2, 0.25) is 0 Å². The van der Waals surface area contributed by atoms with Gasteiger partial charge in [-0.2, -0.15) is 0 Å². The van der Waals surface area contributed by atoms with E-state index >= 15 is 0 Å². The smallest absolute Gasteiger partial charge is 0.254 e. The Morgan fingerprint density at radius 1 is 1.19 bits per heavy atom. The minimum atomic E-state index is -0.0250. The molecule has 0 aliphatic carbocycles. The van der Waals surface area contributed by atoms with Crippen LogP contribution in [0.1, 0.15) is 21.5 Å². The van der Waals surface area contributed by atoms with Gasteiger partial charge in [-0.3, -0.25) is 4.79 Å². The zero-order valence-corrected chi connectivity index (χ0v) is 11.9. The standard InChI is InChI=1S/C17H17NO3/c1-21-13-7-5-12(6-8-13)11-18-10-9-14-15(17(18)20)3-2-4-16(14)19/h2-8,19H,9-11H2,1H3. The van der Waals surface area contributed by atoms with Crippen LogP contribution >= 0.6 is 0 Å². The Hall–Kier alpha value is -2.49. The number of nitrogens with zero attached hydrogens (tertiary/aromatic N) is 1. The van der Waals surface area contributed by atoms with E-state index in [1.165, 1.54) is 0 Å². The van der Waals surface area contributed by atoms with Gasteiger partial charge in [-0.25, -0.2) is 0 Å². The molecule has 0 aromatic heterocycles. The first-order valence-electron chi connectivity index (χ1n) is 6.92. The Bertz CT molecular complexity index is 664. The number of carbonyl (C=O) groups excluding carboxylic acids is 1. The zero-order valence-electron chi connectivity index (χ0n) is 11.9. The Labute approximate surface area is 123 Å². The number of methoxy groups -OCH3 is 1. The number of hydrogen-bond acceptors (Lipinski definition) is 3. The lowest BCUT2D eigenvalue weighted by atomic mass is 9.97. The first kappa shape index (κ1) is 13.5. The lowest BCUT2D eigenvalue weighted by molar-refractivity contribution is 0.0725. The second-order valence-electron chi connectivity index (χ2n) is 5.13. The van der Waals surface area contributed by atoms with E-state index in [4.69, 9.17) is 4.74 Å². The average Bonchev–Trinajstić information content (AvgIpc) is 2.51. The molecule has 4 nitrogen and oxygen atoms in total. The lowest BCUT2D eigenvalue weighted by Crippen LogP contribution is -2.37. The highest BCUT2D eigenvalue weighted by atomic mass is 16.5. The minimum absolute atomic E-state index is 0.0250. The molecule has 0 saturated heterocycles. The number of hydrogen-bond donors (Lipinski definition) is 1. The van der Waals surface area contributed by atoms with Gasteiger partial charge in [0.25, 0.3) is 5.91 Å². The topological polar surface area (TPSA) is 49.8 Å². The third-order valence-electron chi connectivity index (χ3n) is 3.83. The molecule has 21 heavy (non-hydrogen) atoms. The second-order valence-corrected chi connectivity index (χ2v) is 5.13. The summed E-state index contributed by atoms with van der Waals surface area (Å²) >= 11 is 0. The minimum Gasteiger partial charge on any atom is -0.508 e. The van der Waals surface area contributed by atoms with Gasteiger partial charge in [0.05, 0.1) is 7.11 Å². The van der Waals surface area contributed by atoms with Gasteiger partial charge in [-0.05, 0) is 36.2 Å².